The van der Waals surface area contributed by atoms with Crippen LogP contribution in [0.25, 0.3) is 0 Å². The molecule has 0 spiro atoms. The lowest BCUT2D eigenvalue weighted by Crippen LogP contribution is -2.60. The molecule has 2 aromatic rings. The summed E-state index contributed by atoms with van der Waals surface area (Å²) in [5.41, 5.74) is 5.61. The first-order valence-corrected chi connectivity index (χ1v) is 17.1. The van der Waals surface area contributed by atoms with Gasteiger partial charge in [-0.3, -0.25) is 4.79 Å². The Morgan fingerprint density at radius 1 is 0.936 bits per heavy atom. The van der Waals surface area contributed by atoms with Crippen LogP contribution < -0.4 is 15.2 Å². The van der Waals surface area contributed by atoms with E-state index in [1.165, 1.54) is 60.6 Å². The summed E-state index contributed by atoms with van der Waals surface area (Å²) in [4.78, 5) is 23.9. The maximum absolute atomic E-state index is 16.0. The molecule has 3 unspecified atom stereocenters. The first kappa shape index (κ1) is 36.8. The van der Waals surface area contributed by atoms with Gasteiger partial charge >= 0.3 is 12.1 Å². The number of nitrogens with zero attached hydrogens (tertiary/aromatic N) is 1. The van der Waals surface area contributed by atoms with Crippen molar-refractivity contribution in [1.29, 1.82) is 0 Å². The number of rotatable bonds is 9. The summed E-state index contributed by atoms with van der Waals surface area (Å²) in [7, 11) is -4.50. The Bertz CT molecular complexity index is 1470. The predicted octanol–water partition coefficient (Wildman–Crippen LogP) is 5.85. The Hall–Kier alpha value is -3.01. The van der Waals surface area contributed by atoms with Gasteiger partial charge in [0.05, 0.1) is 11.5 Å². The number of aliphatic carboxylic acids is 1. The van der Waals surface area contributed by atoms with E-state index >= 15 is 8.78 Å². The average Bonchev–Trinajstić information content (AvgIpc) is 3.29. The fourth-order valence-corrected chi connectivity index (χ4v) is 7.67. The highest BCUT2D eigenvalue weighted by molar-refractivity contribution is 7.89. The molecular formula is C31H37ClF5N3O6S. The molecule has 0 radical (unpaired) electrons. The molecule has 16 heteroatoms. The number of ether oxygens (including phenoxy) is 1. The van der Waals surface area contributed by atoms with Crippen LogP contribution in [0.5, 0.6) is 5.75 Å². The van der Waals surface area contributed by atoms with Crippen LogP contribution in [0.4, 0.5) is 22.0 Å². The number of nitrogens with two attached hydrogens (primary N) is 1. The molecule has 4 N–H and O–H groups in total. The fraction of sp³-hybridized carbons (Fsp3) is 0.548. The van der Waals surface area contributed by atoms with Crippen molar-refractivity contribution in [1.82, 2.24) is 9.62 Å². The molecule has 2 saturated heterocycles. The number of carboxylic acids is 1. The van der Waals surface area contributed by atoms with Gasteiger partial charge < -0.3 is 20.5 Å². The van der Waals surface area contributed by atoms with Crippen LogP contribution in [0.3, 0.4) is 0 Å². The van der Waals surface area contributed by atoms with E-state index in [4.69, 9.17) is 32.0 Å². The second-order valence-electron chi connectivity index (χ2n) is 12.1. The highest BCUT2D eigenvalue weighted by Gasteiger charge is 2.53. The van der Waals surface area contributed by atoms with Crippen molar-refractivity contribution in [3.8, 4) is 5.75 Å². The predicted molar refractivity (Wildman–Crippen MR) is 163 cm³/mol. The molecule has 0 aromatic heterocycles. The monoisotopic (exact) mass is 709 g/mol. The average molecular weight is 710 g/mol. The number of amides is 1. The van der Waals surface area contributed by atoms with E-state index in [1.807, 2.05) is 0 Å². The fourth-order valence-electron chi connectivity index (χ4n) is 6.35. The highest BCUT2D eigenvalue weighted by Crippen LogP contribution is 2.40. The maximum Gasteiger partial charge on any atom is 0.490 e. The van der Waals surface area contributed by atoms with E-state index in [0.29, 0.717) is 44.0 Å². The van der Waals surface area contributed by atoms with Crippen LogP contribution in [0.1, 0.15) is 63.4 Å². The summed E-state index contributed by atoms with van der Waals surface area (Å²) < 4.78 is 98.6. The van der Waals surface area contributed by atoms with Crippen molar-refractivity contribution in [2.24, 2.45) is 11.7 Å². The molecule has 9 nitrogen and oxygen atoms in total. The Kier molecular flexibility index (Phi) is 11.8. The SMILES string of the molecule is NC1CC2CCC(C1)N2C(=O)C(NS(=O)(=O)c1ccc(OCC2CCCCC2)cc1)C(F)(F)c1ccc(Cl)cc1.O=C(O)C(F)(F)F. The topological polar surface area (TPSA) is 139 Å². The number of piperidine rings is 1. The van der Waals surface area contributed by atoms with Gasteiger partial charge in [-0.1, -0.05) is 43.0 Å². The van der Waals surface area contributed by atoms with E-state index in [0.717, 1.165) is 25.0 Å². The molecule has 3 atom stereocenters. The van der Waals surface area contributed by atoms with Gasteiger partial charge in [0.15, 0.2) is 6.04 Å². The number of carboxylic acid groups (broad SMARTS) is 1. The molecule has 2 heterocycles. The van der Waals surface area contributed by atoms with E-state index in [-0.39, 0.29) is 28.0 Å². The highest BCUT2D eigenvalue weighted by atomic mass is 35.5. The Labute approximate surface area is 274 Å². The third kappa shape index (κ3) is 9.33. The molecule has 1 amide bonds. The Balaban J connectivity index is 0.000000644. The standard InChI is InChI=1S/C29H36ClF2N3O4S.C2HF3O2/c30-21-8-6-20(7-9-21)29(31,32)27(28(36)35-23-10-11-24(35)17-22(33)16-23)34-40(37,38)26-14-12-25(13-15-26)39-18-19-4-2-1-3-5-19;3-2(4,5)1(6)7/h6-9,12-15,19,22-24,27,34H,1-5,10-11,16-18,33H2;(H,6,7). The second-order valence-corrected chi connectivity index (χ2v) is 14.3. The molecule has 2 aliphatic heterocycles. The number of carbonyl (C=O) groups is 2. The minimum Gasteiger partial charge on any atom is -0.493 e. The van der Waals surface area contributed by atoms with Crippen molar-refractivity contribution >= 4 is 33.5 Å². The van der Waals surface area contributed by atoms with Gasteiger partial charge in [-0.25, -0.2) is 13.2 Å². The zero-order chi connectivity index (χ0) is 34.6. The summed E-state index contributed by atoms with van der Waals surface area (Å²) in [5, 5.41) is 7.37. The zero-order valence-corrected chi connectivity index (χ0v) is 26.8. The van der Waals surface area contributed by atoms with Gasteiger partial charge in [-0.15, -0.1) is 0 Å². The summed E-state index contributed by atoms with van der Waals surface area (Å²) in [6.45, 7) is 0.552. The van der Waals surface area contributed by atoms with Gasteiger partial charge in [0.2, 0.25) is 15.9 Å². The first-order valence-electron chi connectivity index (χ1n) is 15.3. The Morgan fingerprint density at radius 3 is 1.98 bits per heavy atom. The molecule has 2 bridgehead atoms. The molecular weight excluding hydrogens is 673 g/mol. The normalized spacial score (nSPS) is 22.6. The van der Waals surface area contributed by atoms with Gasteiger partial charge in [0, 0.05) is 28.7 Å². The van der Waals surface area contributed by atoms with Gasteiger partial charge in [0.25, 0.3) is 5.92 Å². The van der Waals surface area contributed by atoms with E-state index in [2.05, 4.69) is 4.72 Å². The summed E-state index contributed by atoms with van der Waals surface area (Å²) in [6.07, 6.45) is 3.04. The number of alkyl halides is 5. The summed E-state index contributed by atoms with van der Waals surface area (Å²) in [6, 6.07) is 7.37. The quantitative estimate of drug-likeness (QED) is 0.278. The Morgan fingerprint density at radius 2 is 1.47 bits per heavy atom. The molecule has 1 saturated carbocycles. The first-order chi connectivity index (χ1) is 22.0. The number of hydrogen-bond donors (Lipinski definition) is 3. The number of benzene rings is 2. The maximum atomic E-state index is 16.0. The summed E-state index contributed by atoms with van der Waals surface area (Å²) >= 11 is 5.90. The minimum atomic E-state index is -5.08. The smallest absolute Gasteiger partial charge is 0.490 e. The summed E-state index contributed by atoms with van der Waals surface area (Å²) in [5.74, 6) is -6.58. The van der Waals surface area contributed by atoms with Crippen LogP contribution in [-0.4, -0.2) is 67.3 Å². The molecule has 3 fully saturated rings. The van der Waals surface area contributed by atoms with Crippen molar-refractivity contribution < 1.29 is 49.8 Å². The number of fused-ring (bicyclic) bond motifs is 2. The largest absolute Gasteiger partial charge is 0.493 e. The van der Waals surface area contributed by atoms with Crippen molar-refractivity contribution in [3.05, 3.63) is 59.1 Å². The third-order valence-electron chi connectivity index (χ3n) is 8.72. The van der Waals surface area contributed by atoms with Crippen LogP contribution >= 0.6 is 11.6 Å². The molecule has 260 valence electrons. The number of nitrogens with one attached hydrogen (secondary N) is 1. The molecule has 47 heavy (non-hydrogen) atoms. The lowest BCUT2D eigenvalue weighted by atomic mass is 9.90. The molecule has 2 aromatic carbocycles. The van der Waals surface area contributed by atoms with E-state index < -0.39 is 45.6 Å². The minimum absolute atomic E-state index is 0.118. The molecule has 5 rings (SSSR count). The number of halogens is 6. The van der Waals surface area contributed by atoms with Gasteiger partial charge in [-0.2, -0.15) is 26.7 Å². The molecule has 1 aliphatic carbocycles. The molecule has 3 aliphatic rings. The van der Waals surface area contributed by atoms with Crippen molar-refractivity contribution in [2.45, 2.75) is 98.9 Å². The lowest BCUT2D eigenvalue weighted by Gasteiger charge is -2.41. The number of hydrogen-bond acceptors (Lipinski definition) is 6. The van der Waals surface area contributed by atoms with Crippen LogP contribution in [0.15, 0.2) is 53.4 Å². The van der Waals surface area contributed by atoms with Gasteiger partial charge in [-0.05, 0) is 80.8 Å². The third-order valence-corrected chi connectivity index (χ3v) is 10.4. The van der Waals surface area contributed by atoms with E-state index in [1.54, 1.807) is 0 Å². The second kappa shape index (κ2) is 15.0. The van der Waals surface area contributed by atoms with Crippen LogP contribution in [0.2, 0.25) is 5.02 Å². The van der Waals surface area contributed by atoms with Crippen molar-refractivity contribution in [3.63, 3.8) is 0 Å². The number of carbonyl (C=O) groups excluding carboxylic acids is 1. The zero-order valence-electron chi connectivity index (χ0n) is 25.3. The van der Waals surface area contributed by atoms with Crippen LogP contribution in [-0.2, 0) is 25.5 Å². The van der Waals surface area contributed by atoms with Crippen molar-refractivity contribution in [2.75, 3.05) is 6.61 Å². The van der Waals surface area contributed by atoms with E-state index in [9.17, 15) is 26.4 Å². The van der Waals surface area contributed by atoms with Crippen LogP contribution in [0, 0.1) is 5.92 Å². The number of sulfonamides is 1. The lowest BCUT2D eigenvalue weighted by molar-refractivity contribution is -0.192. The van der Waals surface area contributed by atoms with Gasteiger partial charge in [0.1, 0.15) is 5.75 Å².